The van der Waals surface area contributed by atoms with Crippen LogP contribution in [0, 0.1) is 11.8 Å². The van der Waals surface area contributed by atoms with E-state index >= 15 is 0 Å². The van der Waals surface area contributed by atoms with Crippen molar-refractivity contribution in [2.24, 2.45) is 11.8 Å². The topological polar surface area (TPSA) is 60.9 Å². The summed E-state index contributed by atoms with van der Waals surface area (Å²) < 4.78 is 0. The molecule has 1 aliphatic carbocycles. The van der Waals surface area contributed by atoms with Crippen LogP contribution in [0.25, 0.3) is 0 Å². The van der Waals surface area contributed by atoms with Gasteiger partial charge in [0.15, 0.2) is 0 Å². The van der Waals surface area contributed by atoms with Crippen LogP contribution < -0.4 is 0 Å². The first-order valence-corrected chi connectivity index (χ1v) is 14.8. The Bertz CT molecular complexity index is 982. The minimum atomic E-state index is -0.615. The first kappa shape index (κ1) is 28.5. The van der Waals surface area contributed by atoms with Gasteiger partial charge in [-0.2, -0.15) is 0 Å². The number of aliphatic carboxylic acids is 1. The number of ketones is 1. The third kappa shape index (κ3) is 8.25. The molecule has 2 atom stereocenters. The Kier molecular flexibility index (Phi) is 11.0. The number of carbonyl (C=O) groups is 2. The number of rotatable bonds is 8. The van der Waals surface area contributed by atoms with Crippen LogP contribution in [0.1, 0.15) is 74.8 Å². The normalized spacial score (nSPS) is 22.4. The number of aryl methyl sites for hydroxylation is 1. The Morgan fingerprint density at radius 2 is 1.47 bits per heavy atom. The monoisotopic (exact) mass is 518 g/mol. The Balaban J connectivity index is 0.000000181. The molecule has 2 saturated heterocycles. The molecule has 206 valence electrons. The van der Waals surface area contributed by atoms with Crippen molar-refractivity contribution in [3.8, 4) is 0 Å². The van der Waals surface area contributed by atoms with Gasteiger partial charge >= 0.3 is 5.97 Å². The third-order valence-electron chi connectivity index (χ3n) is 8.91. The number of nitrogens with zero attached hydrogens (tertiary/aromatic N) is 2. The first-order valence-electron chi connectivity index (χ1n) is 14.8. The van der Waals surface area contributed by atoms with Crippen molar-refractivity contribution >= 4 is 11.8 Å². The highest BCUT2D eigenvalue weighted by Crippen LogP contribution is 2.34. The summed E-state index contributed by atoms with van der Waals surface area (Å²) in [4.78, 5) is 28.4. The van der Waals surface area contributed by atoms with Crippen LogP contribution in [0.2, 0.25) is 0 Å². The summed E-state index contributed by atoms with van der Waals surface area (Å²) in [7, 11) is 2.13. The van der Waals surface area contributed by atoms with E-state index in [4.69, 9.17) is 0 Å². The molecule has 0 radical (unpaired) electrons. The second-order valence-electron chi connectivity index (χ2n) is 11.6. The highest BCUT2D eigenvalue weighted by atomic mass is 16.4. The van der Waals surface area contributed by atoms with Gasteiger partial charge in [-0.1, -0.05) is 79.9 Å². The fourth-order valence-corrected chi connectivity index (χ4v) is 6.59. The molecule has 1 saturated carbocycles. The molecule has 0 spiro atoms. The second-order valence-corrected chi connectivity index (χ2v) is 11.6. The molecule has 5 nitrogen and oxygen atoms in total. The van der Waals surface area contributed by atoms with Gasteiger partial charge in [0.1, 0.15) is 11.8 Å². The molecule has 2 aromatic carbocycles. The maximum Gasteiger partial charge on any atom is 0.321 e. The molecule has 5 rings (SSSR count). The van der Waals surface area contributed by atoms with Gasteiger partial charge in [-0.3, -0.25) is 14.5 Å². The van der Waals surface area contributed by atoms with Crippen molar-refractivity contribution in [1.29, 1.82) is 0 Å². The zero-order chi connectivity index (χ0) is 26.7. The number of benzene rings is 2. The summed E-state index contributed by atoms with van der Waals surface area (Å²) in [5.74, 6) is 1.01. The van der Waals surface area contributed by atoms with E-state index in [2.05, 4.69) is 53.2 Å². The summed E-state index contributed by atoms with van der Waals surface area (Å²) in [6.07, 6.45) is 10.6. The highest BCUT2D eigenvalue weighted by Gasteiger charge is 2.38. The van der Waals surface area contributed by atoms with Crippen LogP contribution >= 0.6 is 0 Å². The number of likely N-dealkylation sites (tertiary alicyclic amines) is 2. The van der Waals surface area contributed by atoms with Crippen molar-refractivity contribution in [2.75, 3.05) is 33.2 Å². The third-order valence-corrected chi connectivity index (χ3v) is 8.91. The number of Topliss-reactive ketones (excluding diaryl/α,β-unsaturated/α-hetero) is 1. The Hall–Kier alpha value is -2.50. The van der Waals surface area contributed by atoms with Crippen LogP contribution in [0.5, 0.6) is 0 Å². The van der Waals surface area contributed by atoms with Crippen LogP contribution in [0.15, 0.2) is 60.7 Å². The Labute approximate surface area is 229 Å². The lowest BCUT2D eigenvalue weighted by Gasteiger charge is -2.33. The molecule has 3 fully saturated rings. The predicted molar refractivity (Wildman–Crippen MR) is 153 cm³/mol. The summed E-state index contributed by atoms with van der Waals surface area (Å²) in [5.41, 5.74) is 2.63. The van der Waals surface area contributed by atoms with Gasteiger partial charge in [-0.25, -0.2) is 0 Å². The zero-order valence-electron chi connectivity index (χ0n) is 23.1. The van der Waals surface area contributed by atoms with Crippen molar-refractivity contribution < 1.29 is 14.7 Å². The molecule has 2 aromatic rings. The number of piperidine rings is 1. The maximum atomic E-state index is 12.1. The first-order chi connectivity index (χ1) is 18.5. The van der Waals surface area contributed by atoms with E-state index in [0.717, 1.165) is 64.7 Å². The van der Waals surface area contributed by atoms with E-state index in [0.29, 0.717) is 30.0 Å². The van der Waals surface area contributed by atoms with Gasteiger partial charge in [-0.05, 0) is 88.2 Å². The molecule has 2 aliphatic heterocycles. The Morgan fingerprint density at radius 1 is 0.842 bits per heavy atom. The molecular formula is C33H46N2O3. The average molecular weight is 519 g/mol. The van der Waals surface area contributed by atoms with Gasteiger partial charge < -0.3 is 10.0 Å². The molecule has 3 aliphatic rings. The average Bonchev–Trinajstić information content (AvgIpc) is 3.44. The zero-order valence-corrected chi connectivity index (χ0v) is 23.1. The fraction of sp³-hybridized carbons (Fsp3) is 0.576. The molecule has 2 heterocycles. The minimum Gasteiger partial charge on any atom is -0.480 e. The van der Waals surface area contributed by atoms with Crippen LogP contribution in [-0.2, 0) is 16.0 Å². The predicted octanol–water partition coefficient (Wildman–Crippen LogP) is 6.04. The lowest BCUT2D eigenvalue weighted by atomic mass is 9.83. The highest BCUT2D eigenvalue weighted by molar-refractivity contribution is 5.81. The van der Waals surface area contributed by atoms with Crippen LogP contribution in [-0.4, -0.2) is 65.9 Å². The largest absolute Gasteiger partial charge is 0.480 e. The van der Waals surface area contributed by atoms with Crippen molar-refractivity contribution in [1.82, 2.24) is 9.80 Å². The van der Waals surface area contributed by atoms with E-state index in [1.54, 1.807) is 0 Å². The molecule has 5 heteroatoms. The quantitative estimate of drug-likeness (QED) is 0.462. The summed E-state index contributed by atoms with van der Waals surface area (Å²) in [6, 6.07) is 20.6. The van der Waals surface area contributed by atoms with Gasteiger partial charge in [0.05, 0.1) is 0 Å². The lowest BCUT2D eigenvalue weighted by Crippen LogP contribution is -2.45. The van der Waals surface area contributed by atoms with Crippen molar-refractivity contribution in [3.63, 3.8) is 0 Å². The van der Waals surface area contributed by atoms with Crippen LogP contribution in [0.3, 0.4) is 0 Å². The van der Waals surface area contributed by atoms with E-state index in [-0.39, 0.29) is 6.04 Å². The van der Waals surface area contributed by atoms with Gasteiger partial charge in [0.25, 0.3) is 0 Å². The van der Waals surface area contributed by atoms with Gasteiger partial charge in [0.2, 0.25) is 0 Å². The number of hydrogen-bond donors (Lipinski definition) is 1. The molecular weight excluding hydrogens is 472 g/mol. The summed E-state index contributed by atoms with van der Waals surface area (Å²) >= 11 is 0. The second kappa shape index (κ2) is 14.6. The smallest absolute Gasteiger partial charge is 0.321 e. The summed E-state index contributed by atoms with van der Waals surface area (Å²) in [5, 5.41) is 9.70. The molecule has 1 N–H and O–H groups in total. The van der Waals surface area contributed by atoms with E-state index in [1.165, 1.54) is 30.4 Å². The molecule has 0 amide bonds. The van der Waals surface area contributed by atoms with E-state index in [1.807, 2.05) is 24.3 Å². The number of hydrogen-bond acceptors (Lipinski definition) is 4. The standard InChI is InChI=1S/C18H25NO2.C15H21NO/c20-18(21)17(15-9-5-2-6-10-15)19-12-11-16(13-19)14-7-3-1-4-8-14;1-16-11-9-14(10-12-16)15(17)8-7-13-5-3-2-4-6-13/h1,3-4,7-8,15-17H,2,5-6,9-13H2,(H,20,21);2-6,14H,7-12H2,1H3/t16?,17-;/m1./s1. The van der Waals surface area contributed by atoms with Crippen molar-refractivity contribution in [3.05, 3.63) is 71.8 Å². The SMILES string of the molecule is CN1CCC(C(=O)CCc2ccccc2)CC1.O=C(O)[C@@H](C1CCCCC1)N1CCC(c2ccccc2)C1. The van der Waals surface area contributed by atoms with Gasteiger partial charge in [-0.15, -0.1) is 0 Å². The van der Waals surface area contributed by atoms with E-state index in [9.17, 15) is 14.7 Å². The number of carboxylic acid groups (broad SMARTS) is 1. The van der Waals surface area contributed by atoms with E-state index < -0.39 is 5.97 Å². The molecule has 0 bridgehead atoms. The molecule has 0 aromatic heterocycles. The van der Waals surface area contributed by atoms with Crippen LogP contribution in [0.4, 0.5) is 0 Å². The molecule has 38 heavy (non-hydrogen) atoms. The number of carboxylic acids is 1. The molecule has 1 unspecified atom stereocenters. The lowest BCUT2D eigenvalue weighted by molar-refractivity contribution is -0.145. The Morgan fingerprint density at radius 3 is 2.11 bits per heavy atom. The minimum absolute atomic E-state index is 0.265. The maximum absolute atomic E-state index is 12.1. The van der Waals surface area contributed by atoms with Gasteiger partial charge in [0, 0.05) is 18.9 Å². The fourth-order valence-electron chi connectivity index (χ4n) is 6.59. The van der Waals surface area contributed by atoms with Crippen molar-refractivity contribution in [2.45, 2.75) is 76.2 Å². The summed E-state index contributed by atoms with van der Waals surface area (Å²) in [6.45, 7) is 3.97. The number of carbonyl (C=O) groups excluding carboxylic acids is 1.